The molecule has 1 rings (SSSR count). The number of carbonyl (C=O) groups excluding carboxylic acids is 1. The quantitative estimate of drug-likeness (QED) is 0.587. The molecule has 92 valence electrons. The third kappa shape index (κ3) is 2.60. The zero-order chi connectivity index (χ0) is 13.2. The summed E-state index contributed by atoms with van der Waals surface area (Å²) in [6.07, 6.45) is 0. The first-order valence-corrected chi connectivity index (χ1v) is 4.68. The second-order valence-corrected chi connectivity index (χ2v) is 3.44. The lowest BCUT2D eigenvalue weighted by Gasteiger charge is -2.19. The molecule has 0 aliphatic rings. The Morgan fingerprint density at radius 1 is 1.53 bits per heavy atom. The molecule has 8 heteroatoms. The molecule has 8 nitrogen and oxygen atoms in total. The summed E-state index contributed by atoms with van der Waals surface area (Å²) in [6.45, 7) is 1.34. The van der Waals surface area contributed by atoms with E-state index in [-0.39, 0.29) is 11.5 Å². The minimum absolute atomic E-state index is 0.0210. The van der Waals surface area contributed by atoms with E-state index in [1.165, 1.54) is 20.0 Å². The monoisotopic (exact) mass is 241 g/mol. The largest absolute Gasteiger partial charge is 0.480 e. The number of likely N-dealkylation sites (N-methyl/N-ethyl adjacent to an activating group) is 1. The summed E-state index contributed by atoms with van der Waals surface area (Å²) in [6, 6.07) is 1.38. The number of rotatable bonds is 4. The molecule has 0 aliphatic carbocycles. The zero-order valence-electron chi connectivity index (χ0n) is 9.21. The molecule has 0 bridgehead atoms. The SMILES string of the molecule is CC(C(=O)O)N(C)C(=O)c1ccc([N+](=O)[O-])[nH]1. The van der Waals surface area contributed by atoms with Crippen molar-refractivity contribution >= 4 is 17.7 Å². The van der Waals surface area contributed by atoms with Gasteiger partial charge >= 0.3 is 11.8 Å². The smallest absolute Gasteiger partial charge is 0.326 e. The molecule has 1 aromatic rings. The predicted molar refractivity (Wildman–Crippen MR) is 56.6 cm³/mol. The number of nitrogens with zero attached hydrogens (tertiary/aromatic N) is 2. The molecule has 0 saturated carbocycles. The Labute approximate surface area is 96.0 Å². The first-order valence-electron chi connectivity index (χ1n) is 4.68. The van der Waals surface area contributed by atoms with E-state index in [0.717, 1.165) is 11.0 Å². The van der Waals surface area contributed by atoms with E-state index in [0.29, 0.717) is 0 Å². The standard InChI is InChI=1S/C9H11N3O5/c1-5(9(14)15)11(2)8(13)6-3-4-7(10-6)12(16)17/h3-5,10H,1-2H3,(H,14,15). The van der Waals surface area contributed by atoms with Gasteiger partial charge in [0.2, 0.25) is 0 Å². The van der Waals surface area contributed by atoms with Gasteiger partial charge in [-0.2, -0.15) is 0 Å². The molecule has 1 heterocycles. The van der Waals surface area contributed by atoms with Crippen LogP contribution in [-0.4, -0.2) is 44.9 Å². The highest BCUT2D eigenvalue weighted by Crippen LogP contribution is 2.12. The number of carbonyl (C=O) groups is 2. The summed E-state index contributed by atoms with van der Waals surface area (Å²) >= 11 is 0. The maximum atomic E-state index is 11.7. The van der Waals surface area contributed by atoms with E-state index >= 15 is 0 Å². The fourth-order valence-electron chi connectivity index (χ4n) is 1.15. The maximum absolute atomic E-state index is 11.7. The Morgan fingerprint density at radius 2 is 2.12 bits per heavy atom. The molecule has 17 heavy (non-hydrogen) atoms. The summed E-state index contributed by atoms with van der Waals surface area (Å²) in [4.78, 5) is 35.4. The third-order valence-corrected chi connectivity index (χ3v) is 2.36. The van der Waals surface area contributed by atoms with Gasteiger partial charge in [-0.05, 0) is 17.9 Å². The van der Waals surface area contributed by atoms with Crippen LogP contribution in [0.1, 0.15) is 17.4 Å². The molecule has 0 saturated heterocycles. The number of hydrogen-bond acceptors (Lipinski definition) is 4. The van der Waals surface area contributed by atoms with Gasteiger partial charge in [0.05, 0.1) is 0 Å². The molecule has 0 spiro atoms. The van der Waals surface area contributed by atoms with Gasteiger partial charge in [-0.15, -0.1) is 0 Å². The van der Waals surface area contributed by atoms with Gasteiger partial charge in [-0.1, -0.05) is 0 Å². The van der Waals surface area contributed by atoms with Crippen LogP contribution in [0.2, 0.25) is 0 Å². The minimum atomic E-state index is -1.15. The Bertz CT molecular complexity index is 467. The topological polar surface area (TPSA) is 117 Å². The second kappa shape index (κ2) is 4.64. The molecule has 1 aromatic heterocycles. The van der Waals surface area contributed by atoms with Crippen molar-refractivity contribution in [3.63, 3.8) is 0 Å². The van der Waals surface area contributed by atoms with E-state index in [1.54, 1.807) is 0 Å². The van der Waals surface area contributed by atoms with Gasteiger partial charge in [0.15, 0.2) is 5.69 Å². The number of hydrogen-bond donors (Lipinski definition) is 2. The molecule has 1 atom stereocenters. The zero-order valence-corrected chi connectivity index (χ0v) is 9.21. The van der Waals surface area contributed by atoms with Crippen molar-refractivity contribution in [1.82, 2.24) is 9.88 Å². The van der Waals surface area contributed by atoms with E-state index in [4.69, 9.17) is 5.11 Å². The Kier molecular flexibility index (Phi) is 3.46. The number of carboxylic acid groups (broad SMARTS) is 1. The van der Waals surface area contributed by atoms with Gasteiger partial charge in [-0.3, -0.25) is 4.79 Å². The lowest BCUT2D eigenvalue weighted by Crippen LogP contribution is -2.40. The first-order chi connectivity index (χ1) is 7.84. The van der Waals surface area contributed by atoms with Gasteiger partial charge < -0.3 is 20.1 Å². The van der Waals surface area contributed by atoms with Gasteiger partial charge in [0, 0.05) is 13.1 Å². The summed E-state index contributed by atoms with van der Waals surface area (Å²) in [5, 5.41) is 19.1. The highest BCUT2D eigenvalue weighted by atomic mass is 16.6. The Morgan fingerprint density at radius 3 is 2.53 bits per heavy atom. The number of carboxylic acids is 1. The van der Waals surface area contributed by atoms with Crippen molar-refractivity contribution in [3.8, 4) is 0 Å². The van der Waals surface area contributed by atoms with Crippen molar-refractivity contribution in [1.29, 1.82) is 0 Å². The van der Waals surface area contributed by atoms with E-state index in [2.05, 4.69) is 4.98 Å². The molecule has 2 N–H and O–H groups in total. The lowest BCUT2D eigenvalue weighted by atomic mass is 10.2. The Hall–Kier alpha value is -2.38. The van der Waals surface area contributed by atoms with Crippen molar-refractivity contribution in [2.24, 2.45) is 0 Å². The lowest BCUT2D eigenvalue weighted by molar-refractivity contribution is -0.389. The van der Waals surface area contributed by atoms with Crippen LogP contribution in [0.5, 0.6) is 0 Å². The van der Waals surface area contributed by atoms with Crippen LogP contribution in [0.3, 0.4) is 0 Å². The molecular formula is C9H11N3O5. The van der Waals surface area contributed by atoms with Crippen molar-refractivity contribution < 1.29 is 19.6 Å². The van der Waals surface area contributed by atoms with Crippen LogP contribution < -0.4 is 0 Å². The van der Waals surface area contributed by atoms with Gasteiger partial charge in [0.1, 0.15) is 6.04 Å². The fourth-order valence-corrected chi connectivity index (χ4v) is 1.15. The highest BCUT2D eigenvalue weighted by molar-refractivity contribution is 5.95. The number of aromatic amines is 1. The average molecular weight is 241 g/mol. The molecule has 0 aromatic carbocycles. The van der Waals surface area contributed by atoms with Crippen LogP contribution in [0.4, 0.5) is 5.82 Å². The van der Waals surface area contributed by atoms with Crippen LogP contribution in [0.15, 0.2) is 12.1 Å². The summed E-state index contributed by atoms with van der Waals surface area (Å²) in [5.74, 6) is -2.08. The molecule has 0 fully saturated rings. The number of aromatic nitrogens is 1. The summed E-state index contributed by atoms with van der Waals surface area (Å²) < 4.78 is 0. The molecule has 0 aliphatic heterocycles. The predicted octanol–water partition coefficient (Wildman–Crippen LogP) is 0.468. The number of nitrogens with one attached hydrogen (secondary N) is 1. The minimum Gasteiger partial charge on any atom is -0.480 e. The number of H-pyrrole nitrogens is 1. The van der Waals surface area contributed by atoms with E-state index in [9.17, 15) is 19.7 Å². The molecule has 1 amide bonds. The number of nitro groups is 1. The van der Waals surface area contributed by atoms with Gasteiger partial charge in [0.25, 0.3) is 5.91 Å². The Balaban J connectivity index is 2.89. The number of amides is 1. The maximum Gasteiger partial charge on any atom is 0.326 e. The first kappa shape index (κ1) is 12.7. The van der Waals surface area contributed by atoms with Crippen LogP contribution in [0.25, 0.3) is 0 Å². The number of aliphatic carboxylic acids is 1. The van der Waals surface area contributed by atoms with E-state index < -0.39 is 22.8 Å². The summed E-state index contributed by atoms with van der Waals surface area (Å²) in [7, 11) is 1.31. The van der Waals surface area contributed by atoms with E-state index in [1.807, 2.05) is 0 Å². The van der Waals surface area contributed by atoms with Crippen molar-refractivity contribution in [2.45, 2.75) is 13.0 Å². The highest BCUT2D eigenvalue weighted by Gasteiger charge is 2.26. The summed E-state index contributed by atoms with van der Waals surface area (Å²) in [5.41, 5.74) is -0.0210. The molecular weight excluding hydrogens is 230 g/mol. The van der Waals surface area contributed by atoms with Crippen LogP contribution >= 0.6 is 0 Å². The molecule has 1 unspecified atom stereocenters. The fraction of sp³-hybridized carbons (Fsp3) is 0.333. The molecule has 0 radical (unpaired) electrons. The normalized spacial score (nSPS) is 11.9. The van der Waals surface area contributed by atoms with Crippen molar-refractivity contribution in [3.05, 3.63) is 27.9 Å². The third-order valence-electron chi connectivity index (χ3n) is 2.36. The average Bonchev–Trinajstić information content (AvgIpc) is 2.75. The van der Waals surface area contributed by atoms with Crippen LogP contribution in [-0.2, 0) is 4.79 Å². The van der Waals surface area contributed by atoms with Crippen molar-refractivity contribution in [2.75, 3.05) is 7.05 Å². The van der Waals surface area contributed by atoms with Gasteiger partial charge in [-0.25, -0.2) is 9.78 Å². The second-order valence-electron chi connectivity index (χ2n) is 3.44. The van der Waals surface area contributed by atoms with Crippen LogP contribution in [0, 0.1) is 10.1 Å².